The predicted molar refractivity (Wildman–Crippen MR) is 80.0 cm³/mol. The van der Waals surface area contributed by atoms with Crippen molar-refractivity contribution in [1.82, 2.24) is 0 Å². The monoisotopic (exact) mass is 269 g/mol. The van der Waals surface area contributed by atoms with Crippen LogP contribution in [-0.2, 0) is 4.79 Å². The van der Waals surface area contributed by atoms with Crippen LogP contribution in [0.25, 0.3) is 6.08 Å². The van der Waals surface area contributed by atoms with E-state index in [1.807, 2.05) is 38.1 Å². The van der Waals surface area contributed by atoms with E-state index in [-0.39, 0.29) is 11.7 Å². The van der Waals surface area contributed by atoms with Gasteiger partial charge in [-0.25, -0.2) is 4.39 Å². The Balaban J connectivity index is 2.05. The lowest BCUT2D eigenvalue weighted by Gasteiger charge is -2.06. The highest BCUT2D eigenvalue weighted by atomic mass is 19.1. The molecule has 0 aliphatic carbocycles. The Labute approximate surface area is 118 Å². The Morgan fingerprint density at radius 3 is 2.50 bits per heavy atom. The van der Waals surface area contributed by atoms with Gasteiger partial charge in [0.2, 0.25) is 5.91 Å². The number of rotatable bonds is 3. The van der Waals surface area contributed by atoms with Crippen LogP contribution < -0.4 is 5.32 Å². The van der Waals surface area contributed by atoms with E-state index in [9.17, 15) is 9.18 Å². The lowest BCUT2D eigenvalue weighted by molar-refractivity contribution is -0.111. The molecule has 2 nitrogen and oxygen atoms in total. The lowest BCUT2D eigenvalue weighted by atomic mass is 10.1. The number of amides is 1. The molecule has 0 heterocycles. The Morgan fingerprint density at radius 1 is 1.10 bits per heavy atom. The fraction of sp³-hybridized carbons (Fsp3) is 0.118. The van der Waals surface area contributed by atoms with Gasteiger partial charge in [0.15, 0.2) is 0 Å². The molecule has 0 fully saturated rings. The van der Waals surface area contributed by atoms with Gasteiger partial charge in [-0.2, -0.15) is 0 Å². The average Bonchev–Trinajstić information content (AvgIpc) is 2.42. The molecule has 0 spiro atoms. The molecule has 1 N–H and O–H groups in total. The summed E-state index contributed by atoms with van der Waals surface area (Å²) < 4.78 is 13.1. The van der Waals surface area contributed by atoms with E-state index in [0.717, 1.165) is 11.1 Å². The minimum Gasteiger partial charge on any atom is -0.322 e. The van der Waals surface area contributed by atoms with Crippen LogP contribution in [0.1, 0.15) is 16.7 Å². The SMILES string of the molecule is Cc1ccc(/C=C/C(=O)Nc2cc(F)ccc2C)cc1. The maximum absolute atomic E-state index is 13.1. The van der Waals surface area contributed by atoms with E-state index < -0.39 is 0 Å². The third-order valence-electron chi connectivity index (χ3n) is 2.96. The first-order chi connectivity index (χ1) is 9.54. The zero-order chi connectivity index (χ0) is 14.5. The van der Waals surface area contributed by atoms with Crippen molar-refractivity contribution >= 4 is 17.7 Å². The van der Waals surface area contributed by atoms with Crippen LogP contribution in [0.4, 0.5) is 10.1 Å². The number of hydrogen-bond acceptors (Lipinski definition) is 1. The fourth-order valence-electron chi connectivity index (χ4n) is 1.75. The number of halogens is 1. The molecular weight excluding hydrogens is 253 g/mol. The van der Waals surface area contributed by atoms with Gasteiger partial charge in [0.25, 0.3) is 0 Å². The number of nitrogens with one attached hydrogen (secondary N) is 1. The van der Waals surface area contributed by atoms with Crippen LogP contribution in [0, 0.1) is 19.7 Å². The standard InChI is InChI=1S/C17H16FNO/c1-12-3-6-14(7-4-12)8-10-17(20)19-16-11-15(18)9-5-13(16)2/h3-11H,1-2H3,(H,19,20)/b10-8+. The molecule has 0 aliphatic rings. The lowest BCUT2D eigenvalue weighted by Crippen LogP contribution is -2.09. The molecule has 1 amide bonds. The summed E-state index contributed by atoms with van der Waals surface area (Å²) in [7, 11) is 0. The molecule has 0 saturated carbocycles. The van der Waals surface area contributed by atoms with E-state index in [1.54, 1.807) is 12.1 Å². The molecule has 0 radical (unpaired) electrons. The van der Waals surface area contributed by atoms with Crippen LogP contribution >= 0.6 is 0 Å². The highest BCUT2D eigenvalue weighted by Gasteiger charge is 2.03. The number of aryl methyl sites for hydroxylation is 2. The maximum atomic E-state index is 13.1. The van der Waals surface area contributed by atoms with Crippen molar-refractivity contribution in [3.63, 3.8) is 0 Å². The van der Waals surface area contributed by atoms with Crippen molar-refractivity contribution in [2.75, 3.05) is 5.32 Å². The number of hydrogen-bond donors (Lipinski definition) is 1. The Morgan fingerprint density at radius 2 is 1.80 bits per heavy atom. The molecule has 2 rings (SSSR count). The van der Waals surface area contributed by atoms with E-state index in [0.29, 0.717) is 5.69 Å². The zero-order valence-electron chi connectivity index (χ0n) is 11.5. The minimum atomic E-state index is -0.367. The van der Waals surface area contributed by atoms with Crippen molar-refractivity contribution < 1.29 is 9.18 Å². The summed E-state index contributed by atoms with van der Waals surface area (Å²) in [5.74, 6) is -0.646. The molecule has 2 aromatic rings. The molecule has 102 valence electrons. The summed E-state index contributed by atoms with van der Waals surface area (Å²) in [5, 5.41) is 2.67. The molecular formula is C17H16FNO. The van der Waals surface area contributed by atoms with Crippen LogP contribution in [0.5, 0.6) is 0 Å². The van der Waals surface area contributed by atoms with E-state index >= 15 is 0 Å². The van der Waals surface area contributed by atoms with Crippen LogP contribution in [-0.4, -0.2) is 5.91 Å². The number of carbonyl (C=O) groups is 1. The van der Waals surface area contributed by atoms with Gasteiger partial charge in [-0.3, -0.25) is 4.79 Å². The van der Waals surface area contributed by atoms with Crippen molar-refractivity contribution in [2.24, 2.45) is 0 Å². The van der Waals surface area contributed by atoms with E-state index in [2.05, 4.69) is 5.32 Å². The maximum Gasteiger partial charge on any atom is 0.248 e. The predicted octanol–water partition coefficient (Wildman–Crippen LogP) is 4.09. The number of carbonyl (C=O) groups excluding carboxylic acids is 1. The molecule has 0 atom stereocenters. The van der Waals surface area contributed by atoms with Gasteiger partial charge in [0, 0.05) is 11.8 Å². The Hall–Kier alpha value is -2.42. The third-order valence-corrected chi connectivity index (χ3v) is 2.96. The summed E-state index contributed by atoms with van der Waals surface area (Å²) in [5.41, 5.74) is 3.43. The summed E-state index contributed by atoms with van der Waals surface area (Å²) in [6, 6.07) is 12.1. The fourth-order valence-corrected chi connectivity index (χ4v) is 1.75. The quantitative estimate of drug-likeness (QED) is 0.835. The van der Waals surface area contributed by atoms with Gasteiger partial charge in [-0.1, -0.05) is 35.9 Å². The third kappa shape index (κ3) is 3.79. The molecule has 0 bridgehead atoms. The van der Waals surface area contributed by atoms with Gasteiger partial charge < -0.3 is 5.32 Å². The Bertz CT molecular complexity index is 645. The smallest absolute Gasteiger partial charge is 0.248 e. The van der Waals surface area contributed by atoms with Crippen LogP contribution in [0.3, 0.4) is 0 Å². The van der Waals surface area contributed by atoms with Crippen molar-refractivity contribution in [2.45, 2.75) is 13.8 Å². The summed E-state index contributed by atoms with van der Waals surface area (Å²) in [6.07, 6.45) is 3.17. The number of benzene rings is 2. The molecule has 0 aromatic heterocycles. The van der Waals surface area contributed by atoms with E-state index in [1.165, 1.54) is 23.8 Å². The molecule has 20 heavy (non-hydrogen) atoms. The van der Waals surface area contributed by atoms with Crippen LogP contribution in [0.15, 0.2) is 48.5 Å². The van der Waals surface area contributed by atoms with Gasteiger partial charge >= 0.3 is 0 Å². The van der Waals surface area contributed by atoms with Crippen LogP contribution in [0.2, 0.25) is 0 Å². The largest absolute Gasteiger partial charge is 0.322 e. The molecule has 0 saturated heterocycles. The summed E-state index contributed by atoms with van der Waals surface area (Å²) in [6.45, 7) is 3.83. The molecule has 0 unspecified atom stereocenters. The van der Waals surface area contributed by atoms with Gasteiger partial charge in [0.1, 0.15) is 5.82 Å². The second-order valence-electron chi connectivity index (χ2n) is 4.69. The average molecular weight is 269 g/mol. The Kier molecular flexibility index (Phi) is 4.31. The highest BCUT2D eigenvalue weighted by Crippen LogP contribution is 2.16. The van der Waals surface area contributed by atoms with Crippen molar-refractivity contribution in [1.29, 1.82) is 0 Å². The van der Waals surface area contributed by atoms with E-state index in [4.69, 9.17) is 0 Å². The molecule has 0 aliphatic heterocycles. The van der Waals surface area contributed by atoms with Crippen molar-refractivity contribution in [3.05, 3.63) is 71.0 Å². The second kappa shape index (κ2) is 6.15. The molecule has 3 heteroatoms. The summed E-state index contributed by atoms with van der Waals surface area (Å²) >= 11 is 0. The molecule has 2 aromatic carbocycles. The highest BCUT2D eigenvalue weighted by molar-refractivity contribution is 6.02. The summed E-state index contributed by atoms with van der Waals surface area (Å²) in [4.78, 5) is 11.8. The van der Waals surface area contributed by atoms with Gasteiger partial charge in [-0.05, 0) is 43.2 Å². The second-order valence-corrected chi connectivity index (χ2v) is 4.69. The number of anilines is 1. The normalized spacial score (nSPS) is 10.8. The minimum absolute atomic E-state index is 0.278. The zero-order valence-corrected chi connectivity index (χ0v) is 11.5. The van der Waals surface area contributed by atoms with Gasteiger partial charge in [-0.15, -0.1) is 0 Å². The topological polar surface area (TPSA) is 29.1 Å². The first kappa shape index (κ1) is 14.0. The van der Waals surface area contributed by atoms with Gasteiger partial charge in [0.05, 0.1) is 0 Å². The first-order valence-corrected chi connectivity index (χ1v) is 6.36. The van der Waals surface area contributed by atoms with Crippen molar-refractivity contribution in [3.8, 4) is 0 Å². The first-order valence-electron chi connectivity index (χ1n) is 6.36.